The minimum Gasteiger partial charge on any atom is -0.292 e. The summed E-state index contributed by atoms with van der Waals surface area (Å²) in [6.45, 7) is -0.0128. The van der Waals surface area contributed by atoms with E-state index < -0.39 is 5.82 Å². The van der Waals surface area contributed by atoms with E-state index in [1.165, 1.54) is 18.5 Å². The first-order chi connectivity index (χ1) is 13.6. The molecule has 7 heteroatoms. The van der Waals surface area contributed by atoms with Crippen molar-refractivity contribution in [2.75, 3.05) is 6.54 Å². The van der Waals surface area contributed by atoms with E-state index >= 15 is 0 Å². The molecule has 0 saturated carbocycles. The number of ketones is 1. The quantitative estimate of drug-likeness (QED) is 0.692. The van der Waals surface area contributed by atoms with Crippen molar-refractivity contribution < 1.29 is 9.18 Å². The van der Waals surface area contributed by atoms with Gasteiger partial charge < -0.3 is 0 Å². The van der Waals surface area contributed by atoms with Crippen LogP contribution in [0.5, 0.6) is 0 Å². The number of aromatic nitrogens is 3. The third-order valence-corrected chi connectivity index (χ3v) is 5.27. The zero-order valence-electron chi connectivity index (χ0n) is 15.1. The van der Waals surface area contributed by atoms with E-state index in [2.05, 4.69) is 20.1 Å². The number of benzene rings is 2. The third-order valence-electron chi connectivity index (χ3n) is 5.27. The number of aliphatic imine (C=N–C) groups is 2. The zero-order valence-corrected chi connectivity index (χ0v) is 15.1. The molecule has 0 N–H and O–H groups in total. The van der Waals surface area contributed by atoms with E-state index in [0.717, 1.165) is 11.4 Å². The standard InChI is InChI=1S/C21H16FN5O/c1-27-21(25-11-26-27)19-15(12-5-3-2-4-6-12)9-23-16-8-13(22)7-14-17(28)10-24-20(19)18(14)16/h2-9,11,15,19H,10H2,1H3. The van der Waals surface area contributed by atoms with Gasteiger partial charge in [-0.25, -0.2) is 9.37 Å². The van der Waals surface area contributed by atoms with Gasteiger partial charge in [-0.15, -0.1) is 0 Å². The molecule has 3 aromatic rings. The number of hydrogen-bond acceptors (Lipinski definition) is 5. The topological polar surface area (TPSA) is 72.5 Å². The average molecular weight is 373 g/mol. The summed E-state index contributed by atoms with van der Waals surface area (Å²) in [7, 11) is 1.83. The number of aryl methyl sites for hydroxylation is 1. The van der Waals surface area contributed by atoms with Gasteiger partial charge in [0.05, 0.1) is 17.3 Å². The molecular weight excluding hydrogens is 357 g/mol. The monoisotopic (exact) mass is 373 g/mol. The second-order valence-electron chi connectivity index (χ2n) is 6.91. The van der Waals surface area contributed by atoms with Crippen molar-refractivity contribution >= 4 is 23.4 Å². The molecule has 0 saturated heterocycles. The van der Waals surface area contributed by atoms with E-state index in [-0.39, 0.29) is 24.2 Å². The molecule has 28 heavy (non-hydrogen) atoms. The highest BCUT2D eigenvalue weighted by molar-refractivity contribution is 6.21. The molecule has 2 aliphatic heterocycles. The fourth-order valence-electron chi connectivity index (χ4n) is 4.00. The van der Waals surface area contributed by atoms with Gasteiger partial charge in [0.1, 0.15) is 24.5 Å². The predicted molar refractivity (Wildman–Crippen MR) is 103 cm³/mol. The molecule has 3 heterocycles. The Morgan fingerprint density at radius 1 is 1.18 bits per heavy atom. The number of carbonyl (C=O) groups excluding carboxylic acids is 1. The minimum absolute atomic E-state index is 0.0128. The Balaban J connectivity index is 1.80. The fraction of sp³-hybridized carbons (Fsp3) is 0.190. The number of carbonyl (C=O) groups is 1. The maximum Gasteiger partial charge on any atom is 0.185 e. The average Bonchev–Trinajstić information content (AvgIpc) is 3.05. The highest BCUT2D eigenvalue weighted by Crippen LogP contribution is 2.42. The van der Waals surface area contributed by atoms with Crippen LogP contribution in [0.2, 0.25) is 0 Å². The lowest BCUT2D eigenvalue weighted by molar-refractivity contribution is 0.0999. The maximum atomic E-state index is 14.2. The van der Waals surface area contributed by atoms with E-state index in [1.54, 1.807) is 10.9 Å². The van der Waals surface area contributed by atoms with Gasteiger partial charge in [0, 0.05) is 36.4 Å². The number of hydrogen-bond donors (Lipinski definition) is 0. The first-order valence-electron chi connectivity index (χ1n) is 8.98. The predicted octanol–water partition coefficient (Wildman–Crippen LogP) is 3.22. The van der Waals surface area contributed by atoms with E-state index in [0.29, 0.717) is 22.5 Å². The van der Waals surface area contributed by atoms with Crippen LogP contribution in [0.4, 0.5) is 10.1 Å². The molecule has 6 nitrogen and oxygen atoms in total. The van der Waals surface area contributed by atoms with Crippen LogP contribution in [0.3, 0.4) is 0 Å². The van der Waals surface area contributed by atoms with Crippen molar-refractivity contribution in [3.63, 3.8) is 0 Å². The van der Waals surface area contributed by atoms with Crippen molar-refractivity contribution in [3.8, 4) is 0 Å². The minimum atomic E-state index is -0.478. The molecule has 5 rings (SSSR count). The number of halogens is 1. The lowest BCUT2D eigenvalue weighted by Gasteiger charge is -2.27. The molecule has 138 valence electrons. The summed E-state index contributed by atoms with van der Waals surface area (Å²) in [5.74, 6) is -0.438. The van der Waals surface area contributed by atoms with Crippen molar-refractivity contribution in [2.45, 2.75) is 11.8 Å². The summed E-state index contributed by atoms with van der Waals surface area (Å²) in [5, 5.41) is 4.22. The first kappa shape index (κ1) is 16.7. The van der Waals surface area contributed by atoms with Gasteiger partial charge >= 0.3 is 0 Å². The smallest absolute Gasteiger partial charge is 0.185 e. The lowest BCUT2D eigenvalue weighted by Crippen LogP contribution is -2.29. The van der Waals surface area contributed by atoms with Gasteiger partial charge in [-0.2, -0.15) is 5.10 Å². The Hall–Kier alpha value is -3.48. The fourth-order valence-corrected chi connectivity index (χ4v) is 4.00. The molecule has 2 aromatic carbocycles. The van der Waals surface area contributed by atoms with Gasteiger partial charge in [0.2, 0.25) is 0 Å². The molecule has 0 spiro atoms. The Morgan fingerprint density at radius 3 is 2.75 bits per heavy atom. The Morgan fingerprint density at radius 2 is 2.00 bits per heavy atom. The van der Waals surface area contributed by atoms with Crippen LogP contribution in [0.1, 0.15) is 39.1 Å². The molecule has 2 unspecified atom stereocenters. The maximum absolute atomic E-state index is 14.2. The van der Waals surface area contributed by atoms with Crippen LogP contribution >= 0.6 is 0 Å². The largest absolute Gasteiger partial charge is 0.292 e. The lowest BCUT2D eigenvalue weighted by atomic mass is 9.79. The molecule has 0 aliphatic carbocycles. The summed E-state index contributed by atoms with van der Waals surface area (Å²) in [5.41, 5.74) is 3.09. The SMILES string of the molecule is Cn1ncnc1C1C2=NCC(=O)c3cc(F)cc(c32)N=CC1c1ccccc1. The van der Waals surface area contributed by atoms with Gasteiger partial charge in [0.25, 0.3) is 0 Å². The number of rotatable bonds is 2. The highest BCUT2D eigenvalue weighted by Gasteiger charge is 2.39. The molecule has 0 radical (unpaired) electrons. The van der Waals surface area contributed by atoms with Crippen LogP contribution in [0.15, 0.2) is 58.8 Å². The normalized spacial score (nSPS) is 20.5. The Bertz CT molecular complexity index is 1150. The molecule has 0 bridgehead atoms. The van der Waals surface area contributed by atoms with E-state index in [4.69, 9.17) is 0 Å². The number of Topliss-reactive ketones (excluding diaryl/α,β-unsaturated/α-hetero) is 1. The molecular formula is C21H16FN5O. The van der Waals surface area contributed by atoms with E-state index in [1.807, 2.05) is 37.4 Å². The highest BCUT2D eigenvalue weighted by atomic mass is 19.1. The van der Waals surface area contributed by atoms with Crippen LogP contribution in [-0.2, 0) is 7.05 Å². The van der Waals surface area contributed by atoms with Crippen LogP contribution < -0.4 is 0 Å². The molecule has 2 aliphatic rings. The second-order valence-corrected chi connectivity index (χ2v) is 6.91. The summed E-state index contributed by atoms with van der Waals surface area (Å²) in [6.07, 6.45) is 3.30. The van der Waals surface area contributed by atoms with Crippen molar-refractivity contribution in [1.82, 2.24) is 14.8 Å². The number of nitrogens with zero attached hydrogens (tertiary/aromatic N) is 5. The second kappa shape index (κ2) is 6.30. The third kappa shape index (κ3) is 2.51. The van der Waals surface area contributed by atoms with Gasteiger partial charge in [0.15, 0.2) is 5.78 Å². The molecule has 1 aromatic heterocycles. The zero-order chi connectivity index (χ0) is 19.3. The van der Waals surface area contributed by atoms with Gasteiger partial charge in [-0.3, -0.25) is 19.5 Å². The van der Waals surface area contributed by atoms with Gasteiger partial charge in [-0.1, -0.05) is 30.3 Å². The first-order valence-corrected chi connectivity index (χ1v) is 8.98. The Labute approximate surface area is 160 Å². The van der Waals surface area contributed by atoms with Crippen LogP contribution in [0.25, 0.3) is 0 Å². The summed E-state index contributed by atoms with van der Waals surface area (Å²) < 4.78 is 15.9. The van der Waals surface area contributed by atoms with Crippen LogP contribution in [-0.4, -0.2) is 39.0 Å². The Kier molecular flexibility index (Phi) is 3.75. The molecule has 0 amide bonds. The van der Waals surface area contributed by atoms with Crippen molar-refractivity contribution in [3.05, 3.63) is 77.1 Å². The van der Waals surface area contributed by atoms with Crippen molar-refractivity contribution in [2.24, 2.45) is 17.0 Å². The molecule has 2 atom stereocenters. The summed E-state index contributed by atoms with van der Waals surface area (Å²) in [4.78, 5) is 26.1. The van der Waals surface area contributed by atoms with Gasteiger partial charge in [-0.05, 0) is 11.6 Å². The molecule has 0 fully saturated rings. The van der Waals surface area contributed by atoms with Crippen molar-refractivity contribution in [1.29, 1.82) is 0 Å². The summed E-state index contributed by atoms with van der Waals surface area (Å²) in [6, 6.07) is 12.6. The van der Waals surface area contributed by atoms with Crippen LogP contribution in [0, 0.1) is 5.82 Å². The van der Waals surface area contributed by atoms with E-state index in [9.17, 15) is 9.18 Å². The summed E-state index contributed by atoms with van der Waals surface area (Å²) >= 11 is 0.